The van der Waals surface area contributed by atoms with E-state index in [1.807, 2.05) is 4.90 Å². The normalized spacial score (nSPS) is 19.9. The van der Waals surface area contributed by atoms with Gasteiger partial charge in [0.05, 0.1) is 0 Å². The number of aryl methyl sites for hydroxylation is 1. The highest BCUT2D eigenvalue weighted by Gasteiger charge is 2.26. The molecule has 4 heteroatoms. The molecule has 1 aliphatic rings. The molecule has 0 saturated carbocycles. The van der Waals surface area contributed by atoms with Crippen molar-refractivity contribution < 1.29 is 9.18 Å². The van der Waals surface area contributed by atoms with Crippen LogP contribution in [0.25, 0.3) is 0 Å². The van der Waals surface area contributed by atoms with E-state index in [9.17, 15) is 9.18 Å². The number of rotatable bonds is 2. The summed E-state index contributed by atoms with van der Waals surface area (Å²) in [6, 6.07) is 4.84. The summed E-state index contributed by atoms with van der Waals surface area (Å²) in [5, 5.41) is 0.804. The summed E-state index contributed by atoms with van der Waals surface area (Å²) < 4.78 is 13.2. The maximum atomic E-state index is 13.2. The molecule has 0 aromatic heterocycles. The van der Waals surface area contributed by atoms with Crippen LogP contribution in [0.2, 0.25) is 0 Å². The Balaban J connectivity index is 2.21. The SMILES string of the molecule is Cc1cc(C(=O)N2CCCCC2CBr)ccc1F. The highest BCUT2D eigenvalue weighted by molar-refractivity contribution is 9.09. The van der Waals surface area contributed by atoms with Crippen LogP contribution in [0.4, 0.5) is 4.39 Å². The van der Waals surface area contributed by atoms with Crippen LogP contribution in [0.1, 0.15) is 35.2 Å². The van der Waals surface area contributed by atoms with Crippen molar-refractivity contribution in [2.45, 2.75) is 32.2 Å². The quantitative estimate of drug-likeness (QED) is 0.765. The molecular formula is C14H17BrFNO. The van der Waals surface area contributed by atoms with Crippen LogP contribution >= 0.6 is 15.9 Å². The molecule has 0 aliphatic carbocycles. The summed E-state index contributed by atoms with van der Waals surface area (Å²) in [5.74, 6) is -0.246. The number of nitrogens with zero attached hydrogens (tertiary/aromatic N) is 1. The smallest absolute Gasteiger partial charge is 0.254 e. The van der Waals surface area contributed by atoms with Gasteiger partial charge >= 0.3 is 0 Å². The van der Waals surface area contributed by atoms with Gasteiger partial charge in [-0.1, -0.05) is 15.9 Å². The lowest BCUT2D eigenvalue weighted by atomic mass is 10.0. The number of alkyl halides is 1. The molecule has 1 heterocycles. The Kier molecular flexibility index (Phi) is 4.38. The van der Waals surface area contributed by atoms with Crippen LogP contribution in [-0.2, 0) is 0 Å². The molecule has 1 aromatic carbocycles. The predicted molar refractivity (Wildman–Crippen MR) is 73.6 cm³/mol. The first-order valence-corrected chi connectivity index (χ1v) is 7.38. The predicted octanol–water partition coefficient (Wildman–Crippen LogP) is 3.52. The minimum absolute atomic E-state index is 0.0160. The van der Waals surface area contributed by atoms with Gasteiger partial charge in [0.1, 0.15) is 5.82 Å². The van der Waals surface area contributed by atoms with E-state index in [2.05, 4.69) is 15.9 Å². The Hall–Kier alpha value is -0.900. The molecule has 98 valence electrons. The first-order valence-electron chi connectivity index (χ1n) is 6.26. The second-order valence-electron chi connectivity index (χ2n) is 4.77. The molecule has 1 fully saturated rings. The zero-order chi connectivity index (χ0) is 13.1. The van der Waals surface area contributed by atoms with Crippen LogP contribution in [0.15, 0.2) is 18.2 Å². The van der Waals surface area contributed by atoms with E-state index in [0.29, 0.717) is 11.1 Å². The van der Waals surface area contributed by atoms with E-state index in [-0.39, 0.29) is 17.8 Å². The van der Waals surface area contributed by atoms with Crippen LogP contribution in [-0.4, -0.2) is 28.7 Å². The van der Waals surface area contributed by atoms with Gasteiger partial charge in [-0.2, -0.15) is 0 Å². The van der Waals surface area contributed by atoms with Crippen molar-refractivity contribution in [3.8, 4) is 0 Å². The van der Waals surface area contributed by atoms with Gasteiger partial charge in [0.25, 0.3) is 5.91 Å². The van der Waals surface area contributed by atoms with Gasteiger partial charge in [-0.3, -0.25) is 4.79 Å². The van der Waals surface area contributed by atoms with Crippen molar-refractivity contribution in [1.29, 1.82) is 0 Å². The molecule has 1 unspecified atom stereocenters. The molecule has 1 aliphatic heterocycles. The monoisotopic (exact) mass is 313 g/mol. The van der Waals surface area contributed by atoms with Gasteiger partial charge in [-0.05, 0) is 49.9 Å². The Morgan fingerprint density at radius 3 is 2.94 bits per heavy atom. The number of carbonyl (C=O) groups is 1. The summed E-state index contributed by atoms with van der Waals surface area (Å²) in [6.45, 7) is 2.48. The molecule has 0 radical (unpaired) electrons. The molecule has 1 saturated heterocycles. The highest BCUT2D eigenvalue weighted by atomic mass is 79.9. The topological polar surface area (TPSA) is 20.3 Å². The first kappa shape index (κ1) is 13.5. The molecule has 1 amide bonds. The van der Waals surface area contributed by atoms with Gasteiger partial charge in [0.15, 0.2) is 0 Å². The van der Waals surface area contributed by atoms with Crippen LogP contribution < -0.4 is 0 Å². The maximum Gasteiger partial charge on any atom is 0.254 e. The molecule has 0 spiro atoms. The maximum absolute atomic E-state index is 13.2. The summed E-state index contributed by atoms with van der Waals surface area (Å²) in [6.07, 6.45) is 3.26. The van der Waals surface area contributed by atoms with Gasteiger partial charge in [0.2, 0.25) is 0 Å². The molecule has 1 atom stereocenters. The van der Waals surface area contributed by atoms with Gasteiger partial charge in [-0.25, -0.2) is 4.39 Å². The fourth-order valence-electron chi connectivity index (χ4n) is 2.37. The zero-order valence-corrected chi connectivity index (χ0v) is 12.0. The van der Waals surface area contributed by atoms with Crippen LogP contribution in [0.5, 0.6) is 0 Å². The zero-order valence-electron chi connectivity index (χ0n) is 10.5. The number of halogens is 2. The second kappa shape index (κ2) is 5.83. The van der Waals surface area contributed by atoms with E-state index in [0.717, 1.165) is 24.7 Å². The fraction of sp³-hybridized carbons (Fsp3) is 0.500. The molecule has 18 heavy (non-hydrogen) atoms. The minimum atomic E-state index is -0.262. The molecular weight excluding hydrogens is 297 g/mol. The minimum Gasteiger partial charge on any atom is -0.335 e. The molecule has 0 bridgehead atoms. The Labute approximate surface area is 115 Å². The molecule has 2 rings (SSSR count). The lowest BCUT2D eigenvalue weighted by Gasteiger charge is -2.34. The number of benzene rings is 1. The fourth-order valence-corrected chi connectivity index (χ4v) is 3.05. The Morgan fingerprint density at radius 2 is 2.28 bits per heavy atom. The van der Waals surface area contributed by atoms with Crippen molar-refractivity contribution in [2.75, 3.05) is 11.9 Å². The van der Waals surface area contributed by atoms with E-state index in [1.165, 1.54) is 12.5 Å². The van der Waals surface area contributed by atoms with Gasteiger partial charge in [0, 0.05) is 23.5 Å². The van der Waals surface area contributed by atoms with Crippen LogP contribution in [0.3, 0.4) is 0 Å². The Bertz CT molecular complexity index is 449. The van der Waals surface area contributed by atoms with E-state index >= 15 is 0 Å². The number of carbonyl (C=O) groups excluding carboxylic acids is 1. The molecule has 1 aromatic rings. The van der Waals surface area contributed by atoms with E-state index < -0.39 is 0 Å². The summed E-state index contributed by atoms with van der Waals surface area (Å²) in [7, 11) is 0. The third-order valence-electron chi connectivity index (χ3n) is 3.47. The average molecular weight is 314 g/mol. The molecule has 0 N–H and O–H groups in total. The van der Waals surface area contributed by atoms with Crippen molar-refractivity contribution in [2.24, 2.45) is 0 Å². The summed E-state index contributed by atoms with van der Waals surface area (Å²) >= 11 is 3.46. The number of piperidine rings is 1. The average Bonchev–Trinajstić information content (AvgIpc) is 2.41. The largest absolute Gasteiger partial charge is 0.335 e. The number of likely N-dealkylation sites (tertiary alicyclic amines) is 1. The van der Waals surface area contributed by atoms with Gasteiger partial charge < -0.3 is 4.90 Å². The highest BCUT2D eigenvalue weighted by Crippen LogP contribution is 2.21. The Morgan fingerprint density at radius 1 is 1.50 bits per heavy atom. The number of hydrogen-bond donors (Lipinski definition) is 0. The standard InChI is InChI=1S/C14H17BrFNO/c1-10-8-11(5-6-13(10)16)14(18)17-7-3-2-4-12(17)9-15/h5-6,8,12H,2-4,7,9H2,1H3. The van der Waals surface area contributed by atoms with Crippen molar-refractivity contribution >= 4 is 21.8 Å². The van der Waals surface area contributed by atoms with Crippen molar-refractivity contribution in [3.05, 3.63) is 35.1 Å². The number of amides is 1. The summed E-state index contributed by atoms with van der Waals surface area (Å²) in [4.78, 5) is 14.3. The van der Waals surface area contributed by atoms with E-state index in [4.69, 9.17) is 0 Å². The lowest BCUT2D eigenvalue weighted by Crippen LogP contribution is -2.44. The van der Waals surface area contributed by atoms with Crippen molar-refractivity contribution in [1.82, 2.24) is 4.90 Å². The lowest BCUT2D eigenvalue weighted by molar-refractivity contribution is 0.0641. The molecule has 2 nitrogen and oxygen atoms in total. The van der Waals surface area contributed by atoms with Crippen molar-refractivity contribution in [3.63, 3.8) is 0 Å². The summed E-state index contributed by atoms with van der Waals surface area (Å²) in [5.41, 5.74) is 1.11. The second-order valence-corrected chi connectivity index (χ2v) is 5.41. The number of hydrogen-bond acceptors (Lipinski definition) is 1. The van der Waals surface area contributed by atoms with Crippen LogP contribution in [0, 0.1) is 12.7 Å². The van der Waals surface area contributed by atoms with Gasteiger partial charge in [-0.15, -0.1) is 0 Å². The third kappa shape index (κ3) is 2.74. The third-order valence-corrected chi connectivity index (χ3v) is 4.22. The first-order chi connectivity index (χ1) is 8.63. The van der Waals surface area contributed by atoms with E-state index in [1.54, 1.807) is 19.1 Å².